The van der Waals surface area contributed by atoms with Gasteiger partial charge in [-0.15, -0.1) is 0 Å². The highest BCUT2D eigenvalue weighted by atomic mass is 32.2. The highest BCUT2D eigenvalue weighted by Crippen LogP contribution is 2.51. The molecule has 6 rings (SSSR count). The van der Waals surface area contributed by atoms with Gasteiger partial charge in [-0.25, -0.2) is 4.21 Å². The highest BCUT2D eigenvalue weighted by Gasteiger charge is 2.45. The normalized spacial score (nSPS) is 20.9. The summed E-state index contributed by atoms with van der Waals surface area (Å²) in [6.45, 7) is 14.5. The van der Waals surface area contributed by atoms with Crippen molar-refractivity contribution in [3.05, 3.63) is 131 Å². The molecule has 0 radical (unpaired) electrons. The molecule has 2 aliphatic heterocycles. The first kappa shape index (κ1) is 44.9. The molecule has 0 spiro atoms. The summed E-state index contributed by atoms with van der Waals surface area (Å²) < 4.78 is 40.5. The molecule has 3 aromatic carbocycles. The highest BCUT2D eigenvalue weighted by molar-refractivity contribution is 7.93. The van der Waals surface area contributed by atoms with E-state index in [9.17, 15) is 18.1 Å². The van der Waals surface area contributed by atoms with Crippen LogP contribution in [-0.4, -0.2) is 54.0 Å². The number of para-hydroxylation sites is 2. The monoisotopic (exact) mass is 853 g/mol. The summed E-state index contributed by atoms with van der Waals surface area (Å²) in [6, 6.07) is 24.1. The minimum absolute atomic E-state index is 0.198. The number of benzene rings is 3. The first-order chi connectivity index (χ1) is 28.2. The van der Waals surface area contributed by atoms with Gasteiger partial charge in [0.25, 0.3) is 0 Å². The Hall–Kier alpha value is -3.67. The van der Waals surface area contributed by atoms with Crippen molar-refractivity contribution in [2.75, 3.05) is 29.5 Å². The van der Waals surface area contributed by atoms with Crippen molar-refractivity contribution in [1.82, 2.24) is 0 Å². The molecule has 0 saturated carbocycles. The van der Waals surface area contributed by atoms with Crippen molar-refractivity contribution in [3.63, 3.8) is 0 Å². The van der Waals surface area contributed by atoms with Gasteiger partial charge in [0.1, 0.15) is 23.8 Å². The SMILES string of the molecule is CC(C)(C)C(=O)CCCC1(C)/C(=C\C=C2/CCCC(/C=C/C3=[N+](CCCS)c4ccccc4C3(C)C)=C2Oc2ccc(S(=O)O)cc2)N(CCCSO)c2ccccc21. The summed E-state index contributed by atoms with van der Waals surface area (Å²) in [5, 5.41) is 0. The number of hydrogen-bond donors (Lipinski definition) is 3. The Kier molecular flexibility index (Phi) is 14.7. The molecule has 1 aliphatic carbocycles. The van der Waals surface area contributed by atoms with Crippen LogP contribution in [0.3, 0.4) is 0 Å². The number of carbonyl (C=O) groups excluding carboxylic acids is 1. The van der Waals surface area contributed by atoms with E-state index in [0.29, 0.717) is 22.8 Å². The zero-order valence-corrected chi connectivity index (χ0v) is 38.0. The third-order valence-electron chi connectivity index (χ3n) is 12.1. The van der Waals surface area contributed by atoms with Crippen molar-refractivity contribution in [3.8, 4) is 5.75 Å². The van der Waals surface area contributed by atoms with E-state index in [1.165, 1.54) is 33.9 Å². The number of rotatable bonds is 17. The van der Waals surface area contributed by atoms with E-state index in [2.05, 4.69) is 116 Å². The largest absolute Gasteiger partial charge is 0.457 e. The Morgan fingerprint density at radius 3 is 2.36 bits per heavy atom. The Labute approximate surface area is 364 Å². The molecular formula is C49H61N2O5S3+. The van der Waals surface area contributed by atoms with Crippen LogP contribution in [0.4, 0.5) is 11.4 Å². The standard InChI is InChI=1S/C49H60N2O5S3/c1-47(2,3)45(52)21-12-30-49(6)40-18-8-10-20-42(40)51(32-14-34-58-53)44(49)29-23-36-16-11-15-35(46(36)56-37-24-26-38(27-25-37)59(54)55)22-28-43-48(4,5)39-17-7-9-19-41(39)50(43)31-13-33-57/h7-10,17-20,22-29H,11-16,21,30-34H2,1-6H3,(H2-,53,54,55,57)/p+1. The van der Waals surface area contributed by atoms with Gasteiger partial charge in [-0.3, -0.25) is 4.79 Å². The number of Topliss-reactive ketones (excluding diaryl/α,β-unsaturated/α-hetero) is 1. The van der Waals surface area contributed by atoms with Crippen LogP contribution in [-0.2, 0) is 26.7 Å². The van der Waals surface area contributed by atoms with Gasteiger partial charge < -0.3 is 18.7 Å². The molecular weight excluding hydrogens is 793 g/mol. The molecule has 59 heavy (non-hydrogen) atoms. The molecule has 0 fully saturated rings. The first-order valence-corrected chi connectivity index (χ1v) is 23.6. The average molecular weight is 854 g/mol. The van der Waals surface area contributed by atoms with E-state index in [1.54, 1.807) is 24.3 Å². The maximum atomic E-state index is 13.1. The maximum Gasteiger partial charge on any atom is 0.209 e. The molecule has 0 aromatic heterocycles. The molecule has 3 aromatic rings. The fourth-order valence-corrected chi connectivity index (χ4v) is 9.62. The summed E-state index contributed by atoms with van der Waals surface area (Å²) >= 11 is 3.34. The van der Waals surface area contributed by atoms with E-state index in [-0.39, 0.29) is 22.0 Å². The van der Waals surface area contributed by atoms with Crippen LogP contribution >= 0.6 is 24.7 Å². The molecule has 10 heteroatoms. The predicted octanol–water partition coefficient (Wildman–Crippen LogP) is 12.0. The molecule has 0 bridgehead atoms. The molecule has 0 amide bonds. The lowest BCUT2D eigenvalue weighted by molar-refractivity contribution is -0.437. The number of fused-ring (bicyclic) bond motifs is 2. The number of ketones is 1. The summed E-state index contributed by atoms with van der Waals surface area (Å²) in [4.78, 5) is 15.8. The van der Waals surface area contributed by atoms with Crippen molar-refractivity contribution >= 4 is 58.6 Å². The summed E-state index contributed by atoms with van der Waals surface area (Å²) in [5.74, 6) is 3.12. The van der Waals surface area contributed by atoms with Gasteiger partial charge in [0.15, 0.2) is 16.8 Å². The zero-order chi connectivity index (χ0) is 42.4. The average Bonchev–Trinajstić information content (AvgIpc) is 3.58. The zero-order valence-electron chi connectivity index (χ0n) is 35.5. The third kappa shape index (κ3) is 9.94. The molecule has 314 valence electrons. The molecule has 2 heterocycles. The molecule has 2 atom stereocenters. The van der Waals surface area contributed by atoms with E-state index in [4.69, 9.17) is 4.74 Å². The minimum Gasteiger partial charge on any atom is -0.457 e. The van der Waals surface area contributed by atoms with E-state index in [1.807, 2.05) is 20.8 Å². The third-order valence-corrected chi connectivity index (χ3v) is 13.6. The van der Waals surface area contributed by atoms with Crippen LogP contribution in [0.25, 0.3) is 0 Å². The fraction of sp³-hybridized carbons (Fsp3) is 0.429. The second-order valence-electron chi connectivity index (χ2n) is 17.6. The van der Waals surface area contributed by atoms with Crippen LogP contribution in [0.1, 0.15) is 104 Å². The second kappa shape index (κ2) is 19.4. The Morgan fingerprint density at radius 1 is 0.949 bits per heavy atom. The Balaban J connectivity index is 1.46. The van der Waals surface area contributed by atoms with E-state index < -0.39 is 11.1 Å². The van der Waals surface area contributed by atoms with Crippen molar-refractivity contribution < 1.29 is 27.4 Å². The molecule has 0 saturated heterocycles. The topological polar surface area (TPSA) is 90.1 Å². The number of ether oxygens (including phenoxy) is 1. The molecule has 7 nitrogen and oxygen atoms in total. The number of thiol groups is 1. The first-order valence-electron chi connectivity index (χ1n) is 20.9. The van der Waals surface area contributed by atoms with Crippen LogP contribution < -0.4 is 9.64 Å². The quantitative estimate of drug-likeness (QED) is 0.0410. The van der Waals surface area contributed by atoms with Crippen molar-refractivity contribution in [2.45, 2.75) is 109 Å². The van der Waals surface area contributed by atoms with E-state index >= 15 is 0 Å². The summed E-state index contributed by atoms with van der Waals surface area (Å²) in [5.41, 5.74) is 8.65. The fourth-order valence-electron chi connectivity index (χ4n) is 8.85. The van der Waals surface area contributed by atoms with Gasteiger partial charge in [0.05, 0.1) is 10.3 Å². The molecule has 2 unspecified atom stereocenters. The van der Waals surface area contributed by atoms with Gasteiger partial charge in [-0.1, -0.05) is 63.2 Å². The van der Waals surface area contributed by atoms with Crippen molar-refractivity contribution in [2.24, 2.45) is 5.41 Å². The minimum atomic E-state index is -2.09. The van der Waals surface area contributed by atoms with Gasteiger partial charge in [-0.05, 0) is 136 Å². The number of anilines is 1. The molecule has 3 aliphatic rings. The lowest BCUT2D eigenvalue weighted by atomic mass is 9.76. The smallest absolute Gasteiger partial charge is 0.209 e. The van der Waals surface area contributed by atoms with Crippen molar-refractivity contribution in [1.29, 1.82) is 0 Å². The van der Waals surface area contributed by atoms with E-state index in [0.717, 1.165) is 92.7 Å². The van der Waals surface area contributed by atoms with Crippen LogP contribution in [0.5, 0.6) is 5.75 Å². The van der Waals surface area contributed by atoms with Crippen LogP contribution in [0, 0.1) is 5.41 Å². The Bertz CT molecular complexity index is 2190. The number of hydrogen-bond acceptors (Lipinski definition) is 7. The number of carbonyl (C=O) groups is 1. The number of allylic oxidation sites excluding steroid dienone is 7. The summed E-state index contributed by atoms with van der Waals surface area (Å²) in [7, 11) is 0. The lowest BCUT2D eigenvalue weighted by Crippen LogP contribution is -2.30. The van der Waals surface area contributed by atoms with Gasteiger partial charge in [0.2, 0.25) is 5.69 Å². The lowest BCUT2D eigenvalue weighted by Gasteiger charge is -2.31. The summed E-state index contributed by atoms with van der Waals surface area (Å²) in [6.07, 6.45) is 15.5. The van der Waals surface area contributed by atoms with Gasteiger partial charge in [-0.2, -0.15) is 17.2 Å². The maximum absolute atomic E-state index is 13.1. The number of nitrogens with zero attached hydrogens (tertiary/aromatic N) is 2. The van der Waals surface area contributed by atoms with Gasteiger partial charge in [0, 0.05) is 65.1 Å². The van der Waals surface area contributed by atoms with Gasteiger partial charge >= 0.3 is 0 Å². The molecule has 2 N–H and O–H groups in total. The Morgan fingerprint density at radius 2 is 1.66 bits per heavy atom. The predicted molar refractivity (Wildman–Crippen MR) is 249 cm³/mol. The van der Waals surface area contributed by atoms with Crippen LogP contribution in [0.2, 0.25) is 0 Å². The second-order valence-corrected chi connectivity index (χ2v) is 19.7. The van der Waals surface area contributed by atoms with Crippen LogP contribution in [0.15, 0.2) is 125 Å².